The highest BCUT2D eigenvalue weighted by atomic mass is 32.1. The summed E-state index contributed by atoms with van der Waals surface area (Å²) < 4.78 is 5.69. The Kier molecular flexibility index (Phi) is 4.49. The van der Waals surface area contributed by atoms with Crippen LogP contribution >= 0.6 is 11.3 Å². The SMILES string of the molecule is CCNc1nc(C(CC)OCC)nc2sccc12. The van der Waals surface area contributed by atoms with Crippen LogP contribution in [0.3, 0.4) is 0 Å². The normalized spacial score (nSPS) is 12.8. The number of aromatic nitrogens is 2. The van der Waals surface area contributed by atoms with Gasteiger partial charge in [-0.15, -0.1) is 11.3 Å². The molecule has 0 aliphatic carbocycles. The summed E-state index contributed by atoms with van der Waals surface area (Å²) in [6.45, 7) is 7.69. The van der Waals surface area contributed by atoms with Gasteiger partial charge in [-0.25, -0.2) is 9.97 Å². The van der Waals surface area contributed by atoms with Crippen molar-refractivity contribution in [3.63, 3.8) is 0 Å². The van der Waals surface area contributed by atoms with Gasteiger partial charge in [0, 0.05) is 13.2 Å². The fourth-order valence-electron chi connectivity index (χ4n) is 1.89. The summed E-state index contributed by atoms with van der Waals surface area (Å²) in [6.07, 6.45) is 0.870. The lowest BCUT2D eigenvalue weighted by Gasteiger charge is -2.15. The van der Waals surface area contributed by atoms with Crippen molar-refractivity contribution in [1.29, 1.82) is 0 Å². The quantitative estimate of drug-likeness (QED) is 0.866. The summed E-state index contributed by atoms with van der Waals surface area (Å²) in [5, 5.41) is 6.44. The molecule has 0 saturated carbocycles. The van der Waals surface area contributed by atoms with Crippen molar-refractivity contribution >= 4 is 27.4 Å². The summed E-state index contributed by atoms with van der Waals surface area (Å²) in [4.78, 5) is 10.2. The van der Waals surface area contributed by atoms with Crippen LogP contribution in [0, 0.1) is 0 Å². The zero-order valence-corrected chi connectivity index (χ0v) is 11.9. The van der Waals surface area contributed by atoms with E-state index in [0.717, 1.165) is 34.8 Å². The molecule has 0 amide bonds. The molecule has 0 aliphatic rings. The minimum atomic E-state index is -0.0149. The van der Waals surface area contributed by atoms with Gasteiger partial charge in [0.2, 0.25) is 0 Å². The maximum absolute atomic E-state index is 5.69. The van der Waals surface area contributed by atoms with Gasteiger partial charge in [-0.2, -0.15) is 0 Å². The van der Waals surface area contributed by atoms with E-state index in [0.29, 0.717) is 6.61 Å². The Morgan fingerprint density at radius 2 is 2.17 bits per heavy atom. The van der Waals surface area contributed by atoms with Gasteiger partial charge in [0.15, 0.2) is 5.82 Å². The molecule has 18 heavy (non-hydrogen) atoms. The summed E-state index contributed by atoms with van der Waals surface area (Å²) >= 11 is 1.64. The Balaban J connectivity index is 2.44. The second-order valence-electron chi connectivity index (χ2n) is 3.95. The third-order valence-electron chi connectivity index (χ3n) is 2.71. The lowest BCUT2D eigenvalue weighted by atomic mass is 10.2. The van der Waals surface area contributed by atoms with E-state index in [-0.39, 0.29) is 6.10 Å². The first-order valence-electron chi connectivity index (χ1n) is 6.40. The monoisotopic (exact) mass is 265 g/mol. The maximum atomic E-state index is 5.69. The molecule has 5 heteroatoms. The molecule has 2 heterocycles. The molecular weight excluding hydrogens is 246 g/mol. The molecule has 98 valence electrons. The highest BCUT2D eigenvalue weighted by Crippen LogP contribution is 2.28. The highest BCUT2D eigenvalue weighted by molar-refractivity contribution is 7.16. The molecule has 1 atom stereocenters. The molecular formula is C13H19N3OS. The minimum absolute atomic E-state index is 0.0149. The fraction of sp³-hybridized carbons (Fsp3) is 0.538. The molecule has 2 aromatic heterocycles. The summed E-state index contributed by atoms with van der Waals surface area (Å²) in [6, 6.07) is 2.06. The Morgan fingerprint density at radius 1 is 1.33 bits per heavy atom. The Hall–Kier alpha value is -1.20. The first-order valence-corrected chi connectivity index (χ1v) is 7.28. The van der Waals surface area contributed by atoms with Gasteiger partial charge in [0.1, 0.15) is 16.8 Å². The number of anilines is 1. The van der Waals surface area contributed by atoms with Crippen LogP contribution in [0.1, 0.15) is 39.1 Å². The lowest BCUT2D eigenvalue weighted by molar-refractivity contribution is 0.0538. The second-order valence-corrected chi connectivity index (χ2v) is 4.85. The molecule has 2 rings (SSSR count). The molecule has 0 radical (unpaired) electrons. The second kappa shape index (κ2) is 6.11. The van der Waals surface area contributed by atoms with E-state index in [2.05, 4.69) is 35.2 Å². The van der Waals surface area contributed by atoms with Crippen LogP contribution in [0.4, 0.5) is 5.82 Å². The first-order chi connectivity index (χ1) is 8.80. The number of hydrogen-bond acceptors (Lipinski definition) is 5. The highest BCUT2D eigenvalue weighted by Gasteiger charge is 2.16. The van der Waals surface area contributed by atoms with Crippen LogP contribution in [0.5, 0.6) is 0 Å². The van der Waals surface area contributed by atoms with E-state index >= 15 is 0 Å². The first kappa shape index (κ1) is 13.2. The third kappa shape index (κ3) is 2.62. The number of rotatable bonds is 6. The van der Waals surface area contributed by atoms with Gasteiger partial charge in [0.05, 0.1) is 5.39 Å². The Morgan fingerprint density at radius 3 is 2.83 bits per heavy atom. The van der Waals surface area contributed by atoms with Crippen LogP contribution in [0.25, 0.3) is 10.2 Å². The van der Waals surface area contributed by atoms with E-state index in [1.807, 2.05) is 12.3 Å². The Labute approximate surface area is 111 Å². The zero-order chi connectivity index (χ0) is 13.0. The van der Waals surface area contributed by atoms with Crippen molar-refractivity contribution < 1.29 is 4.74 Å². The van der Waals surface area contributed by atoms with Gasteiger partial charge in [-0.1, -0.05) is 6.92 Å². The molecule has 2 aromatic rings. The number of thiophene rings is 1. The van der Waals surface area contributed by atoms with Crippen molar-refractivity contribution in [3.05, 3.63) is 17.3 Å². The summed E-state index contributed by atoms with van der Waals surface area (Å²) in [5.41, 5.74) is 0. The van der Waals surface area contributed by atoms with Crippen molar-refractivity contribution in [2.75, 3.05) is 18.5 Å². The average Bonchev–Trinajstić information content (AvgIpc) is 2.84. The number of nitrogens with zero attached hydrogens (tertiary/aromatic N) is 2. The molecule has 0 bridgehead atoms. The van der Waals surface area contributed by atoms with Crippen molar-refractivity contribution in [1.82, 2.24) is 9.97 Å². The summed E-state index contributed by atoms with van der Waals surface area (Å²) in [5.74, 6) is 1.70. The molecule has 1 N–H and O–H groups in total. The van der Waals surface area contributed by atoms with Gasteiger partial charge in [-0.3, -0.25) is 0 Å². The standard InChI is InChI=1S/C13H19N3OS/c1-4-10(17-6-3)12-15-11(14-5-2)9-7-8-18-13(9)16-12/h7-8,10H,4-6H2,1-3H3,(H,14,15,16). The molecule has 0 saturated heterocycles. The lowest BCUT2D eigenvalue weighted by Crippen LogP contribution is -2.10. The van der Waals surface area contributed by atoms with E-state index in [4.69, 9.17) is 4.74 Å². The number of hydrogen-bond donors (Lipinski definition) is 1. The van der Waals surface area contributed by atoms with Crippen molar-refractivity contribution in [2.24, 2.45) is 0 Å². The van der Waals surface area contributed by atoms with Crippen LogP contribution in [-0.2, 0) is 4.74 Å². The molecule has 0 spiro atoms. The molecule has 4 nitrogen and oxygen atoms in total. The predicted octanol–water partition coefficient (Wildman–Crippen LogP) is 3.61. The maximum Gasteiger partial charge on any atom is 0.161 e. The van der Waals surface area contributed by atoms with Crippen LogP contribution in [0.2, 0.25) is 0 Å². The third-order valence-corrected chi connectivity index (χ3v) is 3.52. The van der Waals surface area contributed by atoms with E-state index in [1.165, 1.54) is 0 Å². The van der Waals surface area contributed by atoms with Crippen molar-refractivity contribution in [2.45, 2.75) is 33.3 Å². The van der Waals surface area contributed by atoms with E-state index in [9.17, 15) is 0 Å². The predicted molar refractivity (Wildman–Crippen MR) is 76.2 cm³/mol. The Bertz CT molecular complexity index is 512. The largest absolute Gasteiger partial charge is 0.371 e. The van der Waals surface area contributed by atoms with Gasteiger partial charge in [-0.05, 0) is 31.7 Å². The van der Waals surface area contributed by atoms with Crippen LogP contribution in [-0.4, -0.2) is 23.1 Å². The van der Waals surface area contributed by atoms with E-state index in [1.54, 1.807) is 11.3 Å². The molecule has 1 unspecified atom stereocenters. The zero-order valence-electron chi connectivity index (χ0n) is 11.1. The molecule has 0 aliphatic heterocycles. The smallest absolute Gasteiger partial charge is 0.161 e. The number of nitrogens with one attached hydrogen (secondary N) is 1. The van der Waals surface area contributed by atoms with Gasteiger partial charge >= 0.3 is 0 Å². The number of ether oxygens (including phenoxy) is 1. The molecule has 0 aromatic carbocycles. The van der Waals surface area contributed by atoms with Crippen LogP contribution < -0.4 is 5.32 Å². The fourth-order valence-corrected chi connectivity index (χ4v) is 2.67. The van der Waals surface area contributed by atoms with Crippen LogP contribution in [0.15, 0.2) is 11.4 Å². The van der Waals surface area contributed by atoms with Gasteiger partial charge < -0.3 is 10.1 Å². The number of fused-ring (bicyclic) bond motifs is 1. The van der Waals surface area contributed by atoms with Gasteiger partial charge in [0.25, 0.3) is 0 Å². The summed E-state index contributed by atoms with van der Waals surface area (Å²) in [7, 11) is 0. The topological polar surface area (TPSA) is 47.0 Å². The minimum Gasteiger partial charge on any atom is -0.371 e. The van der Waals surface area contributed by atoms with Crippen molar-refractivity contribution in [3.8, 4) is 0 Å². The molecule has 0 fully saturated rings. The average molecular weight is 265 g/mol. The van der Waals surface area contributed by atoms with E-state index < -0.39 is 0 Å².